The molecule has 2 heterocycles. The smallest absolute Gasteiger partial charge is 0.246 e. The Morgan fingerprint density at radius 2 is 2.00 bits per heavy atom. The summed E-state index contributed by atoms with van der Waals surface area (Å²) in [4.78, 5) is 26.5. The van der Waals surface area contributed by atoms with Crippen molar-refractivity contribution in [2.75, 3.05) is 19.8 Å². The van der Waals surface area contributed by atoms with Crippen LogP contribution in [0, 0.1) is 11.8 Å². The molecule has 0 saturated carbocycles. The van der Waals surface area contributed by atoms with Crippen molar-refractivity contribution < 1.29 is 14.3 Å². The number of carbonyl (C=O) groups excluding carboxylic acids is 2. The highest BCUT2D eigenvalue weighted by Crippen LogP contribution is 2.22. The van der Waals surface area contributed by atoms with Gasteiger partial charge in [-0.2, -0.15) is 0 Å². The molecule has 20 heavy (non-hydrogen) atoms. The summed E-state index contributed by atoms with van der Waals surface area (Å²) in [7, 11) is 0. The molecule has 0 aromatic rings. The van der Waals surface area contributed by atoms with Crippen LogP contribution in [0.25, 0.3) is 0 Å². The topological polar surface area (TPSA) is 58.6 Å². The van der Waals surface area contributed by atoms with E-state index < -0.39 is 0 Å². The second kappa shape index (κ2) is 6.57. The van der Waals surface area contributed by atoms with E-state index in [1.54, 1.807) is 4.90 Å². The van der Waals surface area contributed by atoms with Crippen molar-refractivity contribution in [1.82, 2.24) is 10.2 Å². The van der Waals surface area contributed by atoms with Gasteiger partial charge in [0, 0.05) is 19.8 Å². The Morgan fingerprint density at radius 1 is 1.35 bits per heavy atom. The molecule has 0 aliphatic carbocycles. The average Bonchev–Trinajstić information content (AvgIpc) is 2.47. The predicted molar refractivity (Wildman–Crippen MR) is 76.1 cm³/mol. The minimum atomic E-state index is -0.358. The molecule has 2 rings (SSSR count). The third-order valence-electron chi connectivity index (χ3n) is 4.70. The van der Waals surface area contributed by atoms with Crippen LogP contribution in [0.1, 0.15) is 40.0 Å². The Kier molecular flexibility index (Phi) is 5.02. The van der Waals surface area contributed by atoms with Crippen LogP contribution in [0.2, 0.25) is 0 Å². The van der Waals surface area contributed by atoms with Gasteiger partial charge < -0.3 is 15.0 Å². The maximum Gasteiger partial charge on any atom is 0.246 e. The van der Waals surface area contributed by atoms with Gasteiger partial charge >= 0.3 is 0 Å². The number of hydrogen-bond donors (Lipinski definition) is 1. The van der Waals surface area contributed by atoms with Crippen LogP contribution in [-0.2, 0) is 14.3 Å². The van der Waals surface area contributed by atoms with Crippen LogP contribution in [0.15, 0.2) is 0 Å². The number of rotatable bonds is 4. The zero-order valence-electron chi connectivity index (χ0n) is 12.7. The lowest BCUT2D eigenvalue weighted by Crippen LogP contribution is -2.64. The summed E-state index contributed by atoms with van der Waals surface area (Å²) in [6.45, 7) is 8.10. The van der Waals surface area contributed by atoms with Crippen LogP contribution in [0.4, 0.5) is 0 Å². The zero-order valence-corrected chi connectivity index (χ0v) is 12.7. The molecule has 0 radical (unpaired) electrons. The molecular weight excluding hydrogens is 256 g/mol. The molecule has 0 aromatic carbocycles. The van der Waals surface area contributed by atoms with Crippen molar-refractivity contribution in [3.63, 3.8) is 0 Å². The normalized spacial score (nSPS) is 30.2. The number of piperazine rings is 1. The molecular formula is C15H26N2O3. The molecule has 3 atom stereocenters. The number of nitrogens with one attached hydrogen (secondary N) is 1. The first-order valence-electron chi connectivity index (χ1n) is 7.73. The standard InChI is InChI=1S/C15H26N2O3/c1-4-10(2)13-15(19)17(11(3)14(18)16-13)9-12-5-7-20-8-6-12/h10-13H,4-9H2,1-3H3,(H,16,18). The molecule has 1 N–H and O–H groups in total. The van der Waals surface area contributed by atoms with Crippen molar-refractivity contribution in [3.05, 3.63) is 0 Å². The Hall–Kier alpha value is -1.10. The summed E-state index contributed by atoms with van der Waals surface area (Å²) in [5.74, 6) is 0.690. The highest BCUT2D eigenvalue weighted by molar-refractivity contribution is 5.96. The molecule has 2 fully saturated rings. The number of ether oxygens (including phenoxy) is 1. The minimum absolute atomic E-state index is 0.0260. The fraction of sp³-hybridized carbons (Fsp3) is 0.867. The van der Waals surface area contributed by atoms with Gasteiger partial charge in [-0.3, -0.25) is 9.59 Å². The lowest BCUT2D eigenvalue weighted by Gasteiger charge is -2.41. The van der Waals surface area contributed by atoms with E-state index in [0.29, 0.717) is 12.5 Å². The van der Waals surface area contributed by atoms with Gasteiger partial charge in [-0.15, -0.1) is 0 Å². The van der Waals surface area contributed by atoms with E-state index >= 15 is 0 Å². The van der Waals surface area contributed by atoms with Gasteiger partial charge in [0.15, 0.2) is 0 Å². The van der Waals surface area contributed by atoms with Crippen molar-refractivity contribution in [2.45, 2.75) is 52.1 Å². The van der Waals surface area contributed by atoms with Crippen molar-refractivity contribution in [3.8, 4) is 0 Å². The van der Waals surface area contributed by atoms with Crippen molar-refractivity contribution in [2.24, 2.45) is 11.8 Å². The maximum absolute atomic E-state index is 12.6. The Bertz CT molecular complexity index is 366. The van der Waals surface area contributed by atoms with Gasteiger partial charge in [0.05, 0.1) is 0 Å². The van der Waals surface area contributed by atoms with Gasteiger partial charge in [-0.05, 0) is 31.6 Å². The first-order chi connectivity index (χ1) is 9.54. The quantitative estimate of drug-likeness (QED) is 0.842. The Morgan fingerprint density at radius 3 is 2.60 bits per heavy atom. The van der Waals surface area contributed by atoms with Crippen LogP contribution in [0.5, 0.6) is 0 Å². The third-order valence-corrected chi connectivity index (χ3v) is 4.70. The fourth-order valence-electron chi connectivity index (χ4n) is 2.92. The van der Waals surface area contributed by atoms with E-state index in [1.807, 2.05) is 20.8 Å². The Balaban J connectivity index is 2.07. The number of amides is 2. The number of hydrogen-bond acceptors (Lipinski definition) is 3. The monoisotopic (exact) mass is 282 g/mol. The fourth-order valence-corrected chi connectivity index (χ4v) is 2.92. The summed E-state index contributed by atoms with van der Waals surface area (Å²) in [5.41, 5.74) is 0. The van der Waals surface area contributed by atoms with Crippen molar-refractivity contribution in [1.29, 1.82) is 0 Å². The molecule has 0 aromatic heterocycles. The maximum atomic E-state index is 12.6. The lowest BCUT2D eigenvalue weighted by molar-refractivity contribution is -0.151. The molecule has 5 heteroatoms. The molecule has 5 nitrogen and oxygen atoms in total. The zero-order chi connectivity index (χ0) is 14.7. The lowest BCUT2D eigenvalue weighted by atomic mass is 9.92. The number of carbonyl (C=O) groups is 2. The van der Waals surface area contributed by atoms with Crippen LogP contribution in [0.3, 0.4) is 0 Å². The average molecular weight is 282 g/mol. The minimum Gasteiger partial charge on any atom is -0.381 e. The first-order valence-corrected chi connectivity index (χ1v) is 7.73. The van der Waals surface area contributed by atoms with E-state index in [4.69, 9.17) is 4.74 Å². The summed E-state index contributed by atoms with van der Waals surface area (Å²) in [6, 6.07) is -0.714. The molecule has 114 valence electrons. The van der Waals surface area contributed by atoms with Crippen LogP contribution >= 0.6 is 0 Å². The molecule has 2 saturated heterocycles. The van der Waals surface area contributed by atoms with Gasteiger partial charge in [-0.25, -0.2) is 0 Å². The molecule has 3 unspecified atom stereocenters. The van der Waals surface area contributed by atoms with Gasteiger partial charge in [-0.1, -0.05) is 20.3 Å². The largest absolute Gasteiger partial charge is 0.381 e. The summed E-state index contributed by atoms with van der Waals surface area (Å²) >= 11 is 0. The van der Waals surface area contributed by atoms with Gasteiger partial charge in [0.1, 0.15) is 12.1 Å². The molecule has 2 amide bonds. The van der Waals surface area contributed by atoms with E-state index in [-0.39, 0.29) is 29.8 Å². The summed E-state index contributed by atoms with van der Waals surface area (Å²) in [6.07, 6.45) is 2.84. The second-order valence-corrected chi connectivity index (χ2v) is 6.09. The third kappa shape index (κ3) is 3.14. The van der Waals surface area contributed by atoms with Crippen LogP contribution < -0.4 is 5.32 Å². The Labute approximate surface area is 121 Å². The predicted octanol–water partition coefficient (Wildman–Crippen LogP) is 1.17. The number of nitrogens with zero attached hydrogens (tertiary/aromatic N) is 1. The highest BCUT2D eigenvalue weighted by atomic mass is 16.5. The summed E-state index contributed by atoms with van der Waals surface area (Å²) < 4.78 is 5.36. The van der Waals surface area contributed by atoms with Crippen molar-refractivity contribution >= 4 is 11.8 Å². The second-order valence-electron chi connectivity index (χ2n) is 6.09. The van der Waals surface area contributed by atoms with Crippen LogP contribution in [-0.4, -0.2) is 48.6 Å². The van der Waals surface area contributed by atoms with E-state index in [1.165, 1.54) is 0 Å². The molecule has 0 bridgehead atoms. The molecule has 0 spiro atoms. The highest BCUT2D eigenvalue weighted by Gasteiger charge is 2.40. The van der Waals surface area contributed by atoms with E-state index in [9.17, 15) is 9.59 Å². The van der Waals surface area contributed by atoms with Gasteiger partial charge in [0.2, 0.25) is 11.8 Å². The SMILES string of the molecule is CCC(C)C1NC(=O)C(C)N(CC2CCOCC2)C1=O. The van der Waals surface area contributed by atoms with Gasteiger partial charge in [0.25, 0.3) is 0 Å². The molecule has 2 aliphatic heterocycles. The van der Waals surface area contributed by atoms with E-state index in [0.717, 1.165) is 32.5 Å². The first kappa shape index (κ1) is 15.3. The molecule has 2 aliphatic rings. The summed E-state index contributed by atoms with van der Waals surface area (Å²) in [5, 5.41) is 2.88. The van der Waals surface area contributed by atoms with E-state index in [2.05, 4.69) is 5.32 Å².